The van der Waals surface area contributed by atoms with Gasteiger partial charge >= 0.3 is 0 Å². The monoisotopic (exact) mass is 209 g/mol. The first-order valence-electron chi connectivity index (χ1n) is 4.16. The lowest BCUT2D eigenvalue weighted by Crippen LogP contribution is -1.80. The molecule has 1 fully saturated rings. The summed E-state index contributed by atoms with van der Waals surface area (Å²) in [5, 5.41) is 11.2. The number of nitrogens with zero attached hydrogens (tertiary/aromatic N) is 1. The molecule has 1 aromatic carbocycles. The van der Waals surface area contributed by atoms with Crippen LogP contribution >= 0.6 is 23.4 Å². The van der Waals surface area contributed by atoms with Gasteiger partial charge in [-0.1, -0.05) is 17.7 Å². The minimum Gasteiger partial charge on any atom is -0.185 e. The Morgan fingerprint density at radius 3 is 2.77 bits per heavy atom. The molecule has 0 unspecified atom stereocenters. The predicted octanol–water partition coefficient (Wildman–Crippen LogP) is 3.79. The second kappa shape index (κ2) is 3.61. The maximum Gasteiger partial charge on any atom is 0.138 e. The third-order valence-electron chi connectivity index (χ3n) is 2.16. The van der Waals surface area contributed by atoms with Gasteiger partial charge in [-0.05, 0) is 48.2 Å². The highest BCUT2D eigenvalue weighted by Crippen LogP contribution is 2.42. The fraction of sp³-hybridized carbons (Fsp3) is 0.300. The summed E-state index contributed by atoms with van der Waals surface area (Å²) < 4.78 is 0. The molecule has 1 aliphatic rings. The fourth-order valence-corrected chi connectivity index (χ4v) is 2.02. The van der Waals surface area contributed by atoms with Crippen molar-refractivity contribution in [2.45, 2.75) is 23.7 Å². The molecule has 0 N–H and O–H groups in total. The summed E-state index contributed by atoms with van der Waals surface area (Å²) >= 11 is 7.12. The van der Waals surface area contributed by atoms with E-state index in [1.807, 2.05) is 17.5 Å². The van der Waals surface area contributed by atoms with E-state index in [2.05, 4.69) is 6.07 Å². The van der Waals surface area contributed by atoms with Gasteiger partial charge in [0.05, 0.1) is 5.02 Å². The molecule has 0 radical (unpaired) electrons. The number of benzene rings is 1. The zero-order chi connectivity index (χ0) is 9.26. The topological polar surface area (TPSA) is 23.8 Å². The second-order valence-corrected chi connectivity index (χ2v) is 4.39. The van der Waals surface area contributed by atoms with Crippen molar-refractivity contribution < 1.29 is 0 Å². The minimum atomic E-state index is 0.705. The van der Waals surface area contributed by atoms with Crippen molar-refractivity contribution in [3.8, 4) is 5.40 Å². The van der Waals surface area contributed by atoms with Gasteiger partial charge in [-0.2, -0.15) is 5.26 Å². The van der Waals surface area contributed by atoms with Crippen molar-refractivity contribution in [2.24, 2.45) is 0 Å². The van der Waals surface area contributed by atoms with Crippen LogP contribution in [0.1, 0.15) is 24.3 Å². The first-order valence-corrected chi connectivity index (χ1v) is 5.36. The summed E-state index contributed by atoms with van der Waals surface area (Å²) in [5.74, 6) is 0.721. The third-order valence-corrected chi connectivity index (χ3v) is 3.25. The minimum absolute atomic E-state index is 0.705. The van der Waals surface area contributed by atoms with Gasteiger partial charge in [0.25, 0.3) is 0 Å². The van der Waals surface area contributed by atoms with E-state index in [1.54, 1.807) is 0 Å². The Labute approximate surface area is 86.7 Å². The number of thiocyanates is 1. The summed E-state index contributed by atoms with van der Waals surface area (Å²) in [6.07, 6.45) is 2.56. The molecule has 66 valence electrons. The molecule has 0 atom stereocenters. The van der Waals surface area contributed by atoms with Gasteiger partial charge in [-0.25, -0.2) is 0 Å². The maximum absolute atomic E-state index is 8.49. The van der Waals surface area contributed by atoms with Gasteiger partial charge in [0.2, 0.25) is 0 Å². The van der Waals surface area contributed by atoms with Gasteiger partial charge in [-0.3, -0.25) is 0 Å². The van der Waals surface area contributed by atoms with Gasteiger partial charge in [0.15, 0.2) is 0 Å². The lowest BCUT2D eigenvalue weighted by atomic mass is 10.1. The molecule has 1 nitrogen and oxygen atoms in total. The van der Waals surface area contributed by atoms with Gasteiger partial charge in [0.1, 0.15) is 5.40 Å². The van der Waals surface area contributed by atoms with Crippen LogP contribution in [0, 0.1) is 10.7 Å². The van der Waals surface area contributed by atoms with E-state index >= 15 is 0 Å². The highest BCUT2D eigenvalue weighted by Gasteiger charge is 2.23. The Balaban J connectivity index is 2.27. The maximum atomic E-state index is 8.49. The zero-order valence-electron chi connectivity index (χ0n) is 6.96. The molecule has 0 amide bonds. The Hall–Kier alpha value is -0.650. The van der Waals surface area contributed by atoms with Crippen LogP contribution in [0.4, 0.5) is 0 Å². The lowest BCUT2D eigenvalue weighted by molar-refractivity contribution is 1.12. The zero-order valence-corrected chi connectivity index (χ0v) is 8.53. The van der Waals surface area contributed by atoms with Crippen molar-refractivity contribution in [2.75, 3.05) is 0 Å². The molecule has 13 heavy (non-hydrogen) atoms. The van der Waals surface area contributed by atoms with Crippen LogP contribution in [-0.2, 0) is 0 Å². The Kier molecular flexibility index (Phi) is 2.48. The fourth-order valence-electron chi connectivity index (χ4n) is 1.32. The number of nitriles is 1. The van der Waals surface area contributed by atoms with Crippen LogP contribution in [0.25, 0.3) is 0 Å². The first kappa shape index (κ1) is 8.93. The van der Waals surface area contributed by atoms with E-state index < -0.39 is 0 Å². The van der Waals surface area contributed by atoms with E-state index in [0.29, 0.717) is 5.02 Å². The van der Waals surface area contributed by atoms with Crippen molar-refractivity contribution >= 4 is 23.4 Å². The molecular formula is C10H8ClNS. The standard InChI is InChI=1S/C10H8ClNS/c11-9-5-8(7-1-2-7)3-4-10(9)13-6-12/h3-5,7H,1-2H2. The van der Waals surface area contributed by atoms with Crippen LogP contribution in [0.15, 0.2) is 23.1 Å². The highest BCUT2D eigenvalue weighted by atomic mass is 35.5. The molecule has 3 heteroatoms. The Bertz CT molecular complexity index is 366. The average Bonchev–Trinajstić information content (AvgIpc) is 2.91. The van der Waals surface area contributed by atoms with Crippen molar-refractivity contribution in [3.63, 3.8) is 0 Å². The third kappa shape index (κ3) is 1.99. The first-order chi connectivity index (χ1) is 6.31. The van der Waals surface area contributed by atoms with Crippen LogP contribution < -0.4 is 0 Å². The summed E-state index contributed by atoms with van der Waals surface area (Å²) in [6, 6.07) is 5.99. The van der Waals surface area contributed by atoms with Crippen LogP contribution in [-0.4, -0.2) is 0 Å². The molecule has 0 aromatic heterocycles. The van der Waals surface area contributed by atoms with E-state index in [0.717, 1.165) is 22.6 Å². The molecule has 0 saturated heterocycles. The average molecular weight is 210 g/mol. The summed E-state index contributed by atoms with van der Waals surface area (Å²) in [7, 11) is 0. The largest absolute Gasteiger partial charge is 0.185 e. The molecule has 0 heterocycles. The Morgan fingerprint density at radius 2 is 2.23 bits per heavy atom. The quantitative estimate of drug-likeness (QED) is 0.547. The molecule has 2 rings (SSSR count). The number of halogens is 1. The van der Waals surface area contributed by atoms with E-state index in [1.165, 1.54) is 18.4 Å². The summed E-state index contributed by atoms with van der Waals surface area (Å²) in [4.78, 5) is 0.855. The number of thioether (sulfide) groups is 1. The molecule has 1 aromatic rings. The van der Waals surface area contributed by atoms with Crippen molar-refractivity contribution in [3.05, 3.63) is 28.8 Å². The predicted molar refractivity (Wildman–Crippen MR) is 54.9 cm³/mol. The number of hydrogen-bond acceptors (Lipinski definition) is 2. The number of hydrogen-bond donors (Lipinski definition) is 0. The van der Waals surface area contributed by atoms with Crippen molar-refractivity contribution in [1.82, 2.24) is 0 Å². The highest BCUT2D eigenvalue weighted by molar-refractivity contribution is 8.03. The molecule has 0 bridgehead atoms. The lowest BCUT2D eigenvalue weighted by Gasteiger charge is -2.01. The van der Waals surface area contributed by atoms with Crippen LogP contribution in [0.3, 0.4) is 0 Å². The summed E-state index contributed by atoms with van der Waals surface area (Å²) in [6.45, 7) is 0. The molecule has 0 aliphatic heterocycles. The van der Waals surface area contributed by atoms with Gasteiger partial charge in [0, 0.05) is 4.90 Å². The van der Waals surface area contributed by atoms with E-state index in [9.17, 15) is 0 Å². The molecule has 0 spiro atoms. The molecular weight excluding hydrogens is 202 g/mol. The van der Waals surface area contributed by atoms with Gasteiger partial charge in [-0.15, -0.1) is 0 Å². The van der Waals surface area contributed by atoms with Crippen LogP contribution in [0.5, 0.6) is 0 Å². The van der Waals surface area contributed by atoms with E-state index in [-0.39, 0.29) is 0 Å². The SMILES string of the molecule is N#CSc1ccc(C2CC2)cc1Cl. The van der Waals surface area contributed by atoms with Crippen molar-refractivity contribution in [1.29, 1.82) is 5.26 Å². The smallest absolute Gasteiger partial charge is 0.138 e. The normalized spacial score (nSPS) is 15.4. The second-order valence-electron chi connectivity index (χ2n) is 3.16. The summed E-state index contributed by atoms with van der Waals surface area (Å²) in [5.41, 5.74) is 1.31. The Morgan fingerprint density at radius 1 is 1.46 bits per heavy atom. The number of rotatable bonds is 2. The van der Waals surface area contributed by atoms with Gasteiger partial charge < -0.3 is 0 Å². The molecule has 1 aliphatic carbocycles. The van der Waals surface area contributed by atoms with E-state index in [4.69, 9.17) is 16.9 Å². The van der Waals surface area contributed by atoms with Crippen LogP contribution in [0.2, 0.25) is 5.02 Å². The molecule has 1 saturated carbocycles.